The van der Waals surface area contributed by atoms with E-state index in [1.165, 1.54) is 19.3 Å². The highest BCUT2D eigenvalue weighted by Crippen LogP contribution is 2.07. The number of unbranched alkanes of at least 4 members (excludes halogenated alkanes) is 1. The topological polar surface area (TPSA) is 37.8 Å². The average molecular weight is 193 g/mol. The summed E-state index contributed by atoms with van der Waals surface area (Å²) in [5.41, 5.74) is 0. The van der Waals surface area contributed by atoms with E-state index in [1.807, 2.05) is 13.0 Å². The minimum Gasteiger partial charge on any atom is -0.368 e. The normalized spacial score (nSPS) is 12.5. The van der Waals surface area contributed by atoms with Crippen LogP contribution in [-0.4, -0.2) is 16.0 Å². The van der Waals surface area contributed by atoms with Crippen molar-refractivity contribution in [1.82, 2.24) is 9.97 Å². The van der Waals surface area contributed by atoms with Gasteiger partial charge in [-0.15, -0.1) is 0 Å². The summed E-state index contributed by atoms with van der Waals surface area (Å²) in [5, 5.41) is 3.37. The van der Waals surface area contributed by atoms with E-state index in [2.05, 4.69) is 29.1 Å². The van der Waals surface area contributed by atoms with E-state index in [0.29, 0.717) is 6.04 Å². The molecule has 1 aromatic heterocycles. The number of hydrogen-bond donors (Lipinski definition) is 1. The minimum absolute atomic E-state index is 0.490. The lowest BCUT2D eigenvalue weighted by atomic mass is 10.1. The predicted octanol–water partition coefficient (Wildman–Crippen LogP) is 2.78. The van der Waals surface area contributed by atoms with E-state index in [9.17, 15) is 0 Å². The maximum atomic E-state index is 4.30. The molecular formula is C11H19N3. The van der Waals surface area contributed by atoms with Crippen LogP contribution >= 0.6 is 0 Å². The van der Waals surface area contributed by atoms with Crippen LogP contribution in [0.15, 0.2) is 12.3 Å². The maximum absolute atomic E-state index is 4.30. The van der Waals surface area contributed by atoms with E-state index >= 15 is 0 Å². The zero-order chi connectivity index (χ0) is 10.4. The molecule has 3 nitrogen and oxygen atoms in total. The van der Waals surface area contributed by atoms with Crippen LogP contribution in [0.2, 0.25) is 0 Å². The summed E-state index contributed by atoms with van der Waals surface area (Å²) in [6, 6.07) is 2.40. The van der Waals surface area contributed by atoms with Crippen molar-refractivity contribution in [3.05, 3.63) is 18.1 Å². The summed E-state index contributed by atoms with van der Waals surface area (Å²) in [6.45, 7) is 6.30. The molecule has 0 bridgehead atoms. The molecule has 1 aromatic rings. The van der Waals surface area contributed by atoms with Crippen molar-refractivity contribution in [1.29, 1.82) is 0 Å². The standard InChI is InChI=1S/C11H19N3/c1-4-5-6-9(2)13-11-7-8-12-10(3)14-11/h7-9H,4-6H2,1-3H3,(H,12,13,14). The van der Waals surface area contributed by atoms with Crippen LogP contribution in [-0.2, 0) is 0 Å². The summed E-state index contributed by atoms with van der Waals surface area (Å²) in [6.07, 6.45) is 5.49. The second-order valence-corrected chi connectivity index (χ2v) is 3.68. The van der Waals surface area contributed by atoms with Crippen LogP contribution in [0, 0.1) is 6.92 Å². The molecule has 1 N–H and O–H groups in total. The van der Waals surface area contributed by atoms with E-state index in [-0.39, 0.29) is 0 Å². The molecule has 0 amide bonds. The van der Waals surface area contributed by atoms with Gasteiger partial charge in [-0.2, -0.15) is 0 Å². The van der Waals surface area contributed by atoms with Gasteiger partial charge in [-0.1, -0.05) is 19.8 Å². The van der Waals surface area contributed by atoms with Gasteiger partial charge in [-0.25, -0.2) is 9.97 Å². The van der Waals surface area contributed by atoms with Crippen molar-refractivity contribution in [2.75, 3.05) is 5.32 Å². The number of nitrogens with zero attached hydrogens (tertiary/aromatic N) is 2. The van der Waals surface area contributed by atoms with Gasteiger partial charge in [0.2, 0.25) is 0 Å². The fourth-order valence-electron chi connectivity index (χ4n) is 1.37. The number of aromatic nitrogens is 2. The van der Waals surface area contributed by atoms with E-state index in [0.717, 1.165) is 11.6 Å². The first-order valence-electron chi connectivity index (χ1n) is 5.28. The Balaban J connectivity index is 2.43. The number of rotatable bonds is 5. The first kappa shape index (κ1) is 11.0. The molecule has 0 aromatic carbocycles. The molecule has 0 saturated heterocycles. The van der Waals surface area contributed by atoms with E-state index < -0.39 is 0 Å². The van der Waals surface area contributed by atoms with Crippen LogP contribution in [0.3, 0.4) is 0 Å². The Morgan fingerprint density at radius 2 is 2.29 bits per heavy atom. The largest absolute Gasteiger partial charge is 0.368 e. The summed E-state index contributed by atoms with van der Waals surface area (Å²) >= 11 is 0. The number of nitrogens with one attached hydrogen (secondary N) is 1. The molecule has 1 atom stereocenters. The molecule has 3 heteroatoms. The number of hydrogen-bond acceptors (Lipinski definition) is 3. The van der Waals surface area contributed by atoms with Crippen LogP contribution in [0.5, 0.6) is 0 Å². The molecule has 1 rings (SSSR count). The summed E-state index contributed by atoms with van der Waals surface area (Å²) in [4.78, 5) is 8.36. The van der Waals surface area contributed by atoms with Crippen molar-refractivity contribution in [3.8, 4) is 0 Å². The second-order valence-electron chi connectivity index (χ2n) is 3.68. The highest BCUT2D eigenvalue weighted by molar-refractivity contribution is 5.33. The molecular weight excluding hydrogens is 174 g/mol. The molecule has 0 saturated carbocycles. The van der Waals surface area contributed by atoms with Crippen molar-refractivity contribution in [2.45, 2.75) is 46.1 Å². The highest BCUT2D eigenvalue weighted by Gasteiger charge is 2.01. The first-order valence-corrected chi connectivity index (χ1v) is 5.28. The van der Waals surface area contributed by atoms with Crippen molar-refractivity contribution >= 4 is 5.82 Å². The quantitative estimate of drug-likeness (QED) is 0.781. The first-order chi connectivity index (χ1) is 6.72. The third-order valence-corrected chi connectivity index (χ3v) is 2.16. The number of anilines is 1. The van der Waals surface area contributed by atoms with Crippen LogP contribution in [0.25, 0.3) is 0 Å². The Hall–Kier alpha value is -1.12. The molecule has 0 radical (unpaired) electrons. The lowest BCUT2D eigenvalue weighted by Crippen LogP contribution is -2.16. The predicted molar refractivity (Wildman–Crippen MR) is 59.4 cm³/mol. The average Bonchev–Trinajstić information content (AvgIpc) is 2.15. The van der Waals surface area contributed by atoms with Gasteiger partial charge < -0.3 is 5.32 Å². The van der Waals surface area contributed by atoms with Gasteiger partial charge in [-0.05, 0) is 26.3 Å². The van der Waals surface area contributed by atoms with E-state index in [4.69, 9.17) is 0 Å². The fraction of sp³-hybridized carbons (Fsp3) is 0.636. The Kier molecular flexibility index (Phi) is 4.36. The monoisotopic (exact) mass is 193 g/mol. The third-order valence-electron chi connectivity index (χ3n) is 2.16. The summed E-state index contributed by atoms with van der Waals surface area (Å²) in [7, 11) is 0. The van der Waals surface area contributed by atoms with Crippen molar-refractivity contribution in [3.63, 3.8) is 0 Å². The Morgan fingerprint density at radius 3 is 2.93 bits per heavy atom. The molecule has 14 heavy (non-hydrogen) atoms. The molecule has 0 aliphatic rings. The molecule has 0 spiro atoms. The smallest absolute Gasteiger partial charge is 0.129 e. The van der Waals surface area contributed by atoms with Crippen LogP contribution in [0.4, 0.5) is 5.82 Å². The number of aryl methyl sites for hydroxylation is 1. The highest BCUT2D eigenvalue weighted by atomic mass is 15.0. The lowest BCUT2D eigenvalue weighted by molar-refractivity contribution is 0.642. The molecule has 0 aliphatic carbocycles. The van der Waals surface area contributed by atoms with Gasteiger partial charge >= 0.3 is 0 Å². The maximum Gasteiger partial charge on any atom is 0.129 e. The van der Waals surface area contributed by atoms with Gasteiger partial charge in [0.1, 0.15) is 11.6 Å². The minimum atomic E-state index is 0.490. The van der Waals surface area contributed by atoms with Crippen molar-refractivity contribution < 1.29 is 0 Å². The Labute approximate surface area is 86.0 Å². The van der Waals surface area contributed by atoms with Gasteiger partial charge in [0.15, 0.2) is 0 Å². The Morgan fingerprint density at radius 1 is 1.50 bits per heavy atom. The molecule has 1 heterocycles. The van der Waals surface area contributed by atoms with Gasteiger partial charge in [0.05, 0.1) is 0 Å². The van der Waals surface area contributed by atoms with Gasteiger partial charge in [-0.3, -0.25) is 0 Å². The molecule has 0 fully saturated rings. The van der Waals surface area contributed by atoms with E-state index in [1.54, 1.807) is 6.20 Å². The lowest BCUT2D eigenvalue weighted by Gasteiger charge is -2.13. The van der Waals surface area contributed by atoms with Gasteiger partial charge in [0.25, 0.3) is 0 Å². The fourth-order valence-corrected chi connectivity index (χ4v) is 1.37. The zero-order valence-corrected chi connectivity index (χ0v) is 9.25. The SMILES string of the molecule is CCCCC(C)Nc1ccnc(C)n1. The zero-order valence-electron chi connectivity index (χ0n) is 9.25. The summed E-state index contributed by atoms with van der Waals surface area (Å²) in [5.74, 6) is 1.75. The molecule has 78 valence electrons. The van der Waals surface area contributed by atoms with Crippen LogP contribution in [0.1, 0.15) is 38.9 Å². The van der Waals surface area contributed by atoms with Crippen molar-refractivity contribution in [2.24, 2.45) is 0 Å². The van der Waals surface area contributed by atoms with Crippen LogP contribution < -0.4 is 5.32 Å². The Bertz CT molecular complexity index is 273. The molecule has 0 aliphatic heterocycles. The summed E-state index contributed by atoms with van der Waals surface area (Å²) < 4.78 is 0. The second kappa shape index (κ2) is 5.58. The van der Waals surface area contributed by atoms with Gasteiger partial charge in [0, 0.05) is 12.2 Å². The molecule has 1 unspecified atom stereocenters. The third kappa shape index (κ3) is 3.73.